The Morgan fingerprint density at radius 2 is 2.05 bits per heavy atom. The zero-order chi connectivity index (χ0) is 13.9. The van der Waals surface area contributed by atoms with E-state index in [1.165, 1.54) is 0 Å². The maximum absolute atomic E-state index is 4.02. The van der Waals surface area contributed by atoms with Gasteiger partial charge in [-0.2, -0.15) is 0 Å². The second kappa shape index (κ2) is 5.38. The molecule has 102 valence electrons. The summed E-state index contributed by atoms with van der Waals surface area (Å²) >= 11 is 0. The maximum Gasteiger partial charge on any atom is 0.181 e. The quantitative estimate of drug-likeness (QED) is 0.917. The first-order chi connectivity index (χ1) is 8.96. The van der Waals surface area contributed by atoms with Crippen LogP contribution in [0, 0.1) is 5.41 Å². The second-order valence-corrected chi connectivity index (χ2v) is 5.94. The molecule has 0 saturated heterocycles. The van der Waals surface area contributed by atoms with Gasteiger partial charge in [-0.3, -0.25) is 0 Å². The van der Waals surface area contributed by atoms with Crippen molar-refractivity contribution >= 4 is 5.69 Å². The Morgan fingerprint density at radius 3 is 2.68 bits per heavy atom. The van der Waals surface area contributed by atoms with Crippen molar-refractivity contribution < 1.29 is 0 Å². The predicted octanol–water partition coefficient (Wildman–Crippen LogP) is 2.73. The summed E-state index contributed by atoms with van der Waals surface area (Å²) in [6.45, 7) is 7.70. The average Bonchev–Trinajstić information content (AvgIpc) is 2.74. The Bertz CT molecular complexity index is 539. The summed E-state index contributed by atoms with van der Waals surface area (Å²) in [6.07, 6.45) is 1.13. The highest BCUT2D eigenvalue weighted by Crippen LogP contribution is 2.21. The van der Waals surface area contributed by atoms with Crippen molar-refractivity contribution in [1.82, 2.24) is 20.2 Å². The van der Waals surface area contributed by atoms with Gasteiger partial charge in [-0.25, -0.2) is 4.68 Å². The van der Waals surface area contributed by atoms with E-state index in [4.69, 9.17) is 0 Å². The molecule has 19 heavy (non-hydrogen) atoms. The smallest absolute Gasteiger partial charge is 0.181 e. The van der Waals surface area contributed by atoms with Crippen molar-refractivity contribution in [3.63, 3.8) is 0 Å². The summed E-state index contributed by atoms with van der Waals surface area (Å²) in [5, 5.41) is 15.0. The van der Waals surface area contributed by atoms with E-state index in [9.17, 15) is 0 Å². The molecule has 5 nitrogen and oxygen atoms in total. The zero-order valence-electron chi connectivity index (χ0n) is 12.0. The highest BCUT2D eigenvalue weighted by atomic mass is 15.5. The maximum atomic E-state index is 4.02. The van der Waals surface area contributed by atoms with Crippen molar-refractivity contribution in [3.8, 4) is 11.4 Å². The number of aromatic nitrogens is 4. The lowest BCUT2D eigenvalue weighted by atomic mass is 9.92. The van der Waals surface area contributed by atoms with Crippen LogP contribution in [-0.2, 0) is 7.05 Å². The third kappa shape index (κ3) is 3.77. The minimum atomic E-state index is 0.345. The van der Waals surface area contributed by atoms with Gasteiger partial charge in [0.15, 0.2) is 5.82 Å². The summed E-state index contributed by atoms with van der Waals surface area (Å²) in [6, 6.07) is 8.17. The van der Waals surface area contributed by atoms with E-state index in [0.717, 1.165) is 30.0 Å². The number of anilines is 1. The lowest BCUT2D eigenvalue weighted by Gasteiger charge is -2.18. The molecule has 0 aliphatic heterocycles. The van der Waals surface area contributed by atoms with Gasteiger partial charge < -0.3 is 5.32 Å². The van der Waals surface area contributed by atoms with Gasteiger partial charge in [0.2, 0.25) is 0 Å². The third-order valence-corrected chi connectivity index (χ3v) is 2.95. The summed E-state index contributed by atoms with van der Waals surface area (Å²) in [7, 11) is 1.84. The first-order valence-corrected chi connectivity index (χ1v) is 6.52. The fourth-order valence-electron chi connectivity index (χ4n) is 1.82. The molecule has 2 rings (SSSR count). The largest absolute Gasteiger partial charge is 0.385 e. The molecule has 0 aliphatic rings. The van der Waals surface area contributed by atoms with Gasteiger partial charge >= 0.3 is 0 Å². The molecular formula is C14H21N5. The molecule has 0 radical (unpaired) electrons. The SMILES string of the molecule is Cn1nnnc1-c1cccc(NCCC(C)(C)C)c1. The number of aryl methyl sites for hydroxylation is 1. The molecule has 5 heteroatoms. The molecule has 2 aromatic rings. The molecule has 1 aromatic heterocycles. The number of nitrogens with one attached hydrogen (secondary N) is 1. The van der Waals surface area contributed by atoms with E-state index >= 15 is 0 Å². The predicted molar refractivity (Wildman–Crippen MR) is 76.8 cm³/mol. The van der Waals surface area contributed by atoms with E-state index in [1.54, 1.807) is 4.68 Å². The molecular weight excluding hydrogens is 238 g/mol. The lowest BCUT2D eigenvalue weighted by Crippen LogP contribution is -2.12. The van der Waals surface area contributed by atoms with Crippen LogP contribution in [0.15, 0.2) is 24.3 Å². The van der Waals surface area contributed by atoms with Crippen molar-refractivity contribution in [2.24, 2.45) is 12.5 Å². The Labute approximate surface area is 114 Å². The molecule has 0 unspecified atom stereocenters. The van der Waals surface area contributed by atoms with Crippen LogP contribution in [0.3, 0.4) is 0 Å². The summed E-state index contributed by atoms with van der Waals surface area (Å²) in [4.78, 5) is 0. The van der Waals surface area contributed by atoms with Gasteiger partial charge in [-0.15, -0.1) is 5.10 Å². The highest BCUT2D eigenvalue weighted by molar-refractivity contribution is 5.62. The van der Waals surface area contributed by atoms with Gasteiger partial charge in [0.05, 0.1) is 0 Å². The Hall–Kier alpha value is -1.91. The molecule has 0 fully saturated rings. The average molecular weight is 259 g/mol. The molecule has 0 aliphatic carbocycles. The van der Waals surface area contributed by atoms with Crippen LogP contribution in [0.2, 0.25) is 0 Å². The van der Waals surface area contributed by atoms with Crippen LogP contribution in [-0.4, -0.2) is 26.8 Å². The van der Waals surface area contributed by atoms with Crippen molar-refractivity contribution in [2.75, 3.05) is 11.9 Å². The molecule has 1 aromatic carbocycles. The standard InChI is InChI=1S/C14H21N5/c1-14(2,3)8-9-15-12-7-5-6-11(10-12)13-16-17-18-19(13)4/h5-7,10,15H,8-9H2,1-4H3. The Balaban J connectivity index is 2.06. The van der Waals surface area contributed by atoms with E-state index in [-0.39, 0.29) is 0 Å². The normalized spacial score (nSPS) is 11.6. The Morgan fingerprint density at radius 1 is 1.26 bits per heavy atom. The minimum absolute atomic E-state index is 0.345. The number of tetrazole rings is 1. The van der Waals surface area contributed by atoms with Gasteiger partial charge in [0, 0.05) is 24.8 Å². The molecule has 0 bridgehead atoms. The number of hydrogen-bond donors (Lipinski definition) is 1. The first kappa shape index (κ1) is 13.5. The Kier molecular flexibility index (Phi) is 3.83. The van der Waals surface area contributed by atoms with Crippen LogP contribution in [0.1, 0.15) is 27.2 Å². The van der Waals surface area contributed by atoms with Gasteiger partial charge in [0.25, 0.3) is 0 Å². The molecule has 1 N–H and O–H groups in total. The number of nitrogens with zero attached hydrogens (tertiary/aromatic N) is 4. The van der Waals surface area contributed by atoms with Gasteiger partial charge in [-0.05, 0) is 34.4 Å². The molecule has 1 heterocycles. The lowest BCUT2D eigenvalue weighted by molar-refractivity contribution is 0.390. The van der Waals surface area contributed by atoms with Crippen molar-refractivity contribution in [2.45, 2.75) is 27.2 Å². The molecule has 0 atom stereocenters. The van der Waals surface area contributed by atoms with Crippen LogP contribution in [0.5, 0.6) is 0 Å². The second-order valence-electron chi connectivity index (χ2n) is 5.94. The molecule has 0 spiro atoms. The van der Waals surface area contributed by atoms with E-state index in [2.05, 4.69) is 53.7 Å². The van der Waals surface area contributed by atoms with E-state index in [0.29, 0.717) is 5.41 Å². The molecule has 0 saturated carbocycles. The van der Waals surface area contributed by atoms with E-state index < -0.39 is 0 Å². The highest BCUT2D eigenvalue weighted by Gasteiger charge is 2.10. The topological polar surface area (TPSA) is 55.6 Å². The summed E-state index contributed by atoms with van der Waals surface area (Å²) < 4.78 is 1.67. The van der Waals surface area contributed by atoms with Crippen LogP contribution in [0.25, 0.3) is 11.4 Å². The summed E-state index contributed by atoms with van der Waals surface area (Å²) in [5.41, 5.74) is 2.47. The number of rotatable bonds is 4. The molecule has 0 amide bonds. The van der Waals surface area contributed by atoms with Gasteiger partial charge in [0.1, 0.15) is 0 Å². The van der Waals surface area contributed by atoms with Crippen LogP contribution >= 0.6 is 0 Å². The fraction of sp³-hybridized carbons (Fsp3) is 0.500. The van der Waals surface area contributed by atoms with Crippen LogP contribution in [0.4, 0.5) is 5.69 Å². The van der Waals surface area contributed by atoms with E-state index in [1.807, 2.05) is 19.2 Å². The monoisotopic (exact) mass is 259 g/mol. The van der Waals surface area contributed by atoms with Crippen molar-refractivity contribution in [3.05, 3.63) is 24.3 Å². The fourth-order valence-corrected chi connectivity index (χ4v) is 1.82. The van der Waals surface area contributed by atoms with Gasteiger partial charge in [-0.1, -0.05) is 32.9 Å². The minimum Gasteiger partial charge on any atom is -0.385 e. The first-order valence-electron chi connectivity index (χ1n) is 6.52. The number of hydrogen-bond acceptors (Lipinski definition) is 4. The third-order valence-electron chi connectivity index (χ3n) is 2.95. The number of benzene rings is 1. The van der Waals surface area contributed by atoms with Crippen molar-refractivity contribution in [1.29, 1.82) is 0 Å². The summed E-state index contributed by atoms with van der Waals surface area (Å²) in [5.74, 6) is 0.777. The van der Waals surface area contributed by atoms with Crippen LogP contribution < -0.4 is 5.32 Å². The zero-order valence-corrected chi connectivity index (χ0v) is 12.0.